The summed E-state index contributed by atoms with van der Waals surface area (Å²) in [5, 5.41) is 9.03. The van der Waals surface area contributed by atoms with E-state index in [0.29, 0.717) is 5.56 Å². The predicted molar refractivity (Wildman–Crippen MR) is 73.3 cm³/mol. The Morgan fingerprint density at radius 3 is 1.94 bits per heavy atom. The lowest BCUT2D eigenvalue weighted by molar-refractivity contribution is 0.0698. The first-order valence-corrected chi connectivity index (χ1v) is 4.67. The van der Waals surface area contributed by atoms with Crippen LogP contribution < -0.4 is 0 Å². The van der Waals surface area contributed by atoms with E-state index in [0.717, 1.165) is 11.1 Å². The van der Waals surface area contributed by atoms with E-state index in [9.17, 15) is 4.79 Å². The van der Waals surface area contributed by atoms with E-state index in [1.54, 1.807) is 12.1 Å². The number of hydrogen-bond donors (Lipinski definition) is 1. The summed E-state index contributed by atoms with van der Waals surface area (Å²) in [6, 6.07) is 16.5. The van der Waals surface area contributed by atoms with Crippen LogP contribution in [-0.2, 0) is 0 Å². The van der Waals surface area contributed by atoms with Crippen molar-refractivity contribution >= 4 is 30.8 Å². The molecule has 0 aliphatic heterocycles. The minimum Gasteiger partial charge on any atom is -0.478 e. The lowest BCUT2D eigenvalue weighted by Gasteiger charge is -2.05. The average Bonchev–Trinajstić information content (AvgIpc) is 2.30. The monoisotopic (exact) mass is 270 g/mol. The zero-order valence-corrected chi connectivity index (χ0v) is 10.5. The third-order valence-corrected chi connectivity index (χ3v) is 2.24. The third kappa shape index (κ3) is 3.48. The molecule has 0 fully saturated rings. The molecular weight excluding hydrogens is 259 g/mol. The fourth-order valence-corrected chi connectivity index (χ4v) is 1.54. The normalized spacial score (nSPS) is 8.71. The van der Waals surface area contributed by atoms with E-state index in [4.69, 9.17) is 5.11 Å². The van der Waals surface area contributed by atoms with Crippen LogP contribution in [0.15, 0.2) is 54.6 Å². The summed E-state index contributed by atoms with van der Waals surface area (Å²) in [4.78, 5) is 11.0. The summed E-state index contributed by atoms with van der Waals surface area (Å²) in [5.74, 6) is -0.894. The van der Waals surface area contributed by atoms with Gasteiger partial charge < -0.3 is 5.11 Å². The Morgan fingerprint density at radius 2 is 1.35 bits per heavy atom. The van der Waals surface area contributed by atoms with Crippen molar-refractivity contribution in [2.24, 2.45) is 0 Å². The number of carboxylic acids is 1. The topological polar surface area (TPSA) is 37.3 Å². The summed E-state index contributed by atoms with van der Waals surface area (Å²) < 4.78 is 0. The Hall–Kier alpha value is -1.51. The number of carbonyl (C=O) groups is 1. The minimum atomic E-state index is -0.894. The van der Waals surface area contributed by atoms with E-state index in [1.165, 1.54) is 0 Å². The molecule has 2 rings (SSSR count). The molecule has 0 saturated heterocycles. The van der Waals surface area contributed by atoms with Gasteiger partial charge in [-0.1, -0.05) is 48.5 Å². The molecule has 17 heavy (non-hydrogen) atoms. The Morgan fingerprint density at radius 1 is 0.824 bits per heavy atom. The summed E-state index contributed by atoms with van der Waals surface area (Å²) in [5.41, 5.74) is 2.02. The molecule has 0 atom stereocenters. The van der Waals surface area contributed by atoms with E-state index in [2.05, 4.69) is 0 Å². The number of halogens is 2. The van der Waals surface area contributed by atoms with Crippen molar-refractivity contribution in [1.29, 1.82) is 0 Å². The van der Waals surface area contributed by atoms with Gasteiger partial charge in [-0.2, -0.15) is 0 Å². The maximum Gasteiger partial charge on any atom is 0.336 e. The van der Waals surface area contributed by atoms with Gasteiger partial charge in [-0.15, -0.1) is 24.8 Å². The second-order valence-electron chi connectivity index (χ2n) is 3.22. The highest BCUT2D eigenvalue weighted by Gasteiger charge is 2.09. The van der Waals surface area contributed by atoms with Crippen molar-refractivity contribution in [1.82, 2.24) is 0 Å². The lowest BCUT2D eigenvalue weighted by Crippen LogP contribution is -1.98. The molecule has 0 spiro atoms. The quantitative estimate of drug-likeness (QED) is 0.899. The predicted octanol–water partition coefficient (Wildman–Crippen LogP) is 3.90. The molecule has 0 amide bonds. The minimum absolute atomic E-state index is 0. The molecule has 0 heterocycles. The molecule has 4 heteroatoms. The number of aromatic carboxylic acids is 1. The van der Waals surface area contributed by atoms with Crippen molar-refractivity contribution in [2.75, 3.05) is 0 Å². The van der Waals surface area contributed by atoms with Crippen LogP contribution in [0.3, 0.4) is 0 Å². The zero-order valence-electron chi connectivity index (χ0n) is 8.87. The summed E-state index contributed by atoms with van der Waals surface area (Å²) in [6.07, 6.45) is 0. The summed E-state index contributed by atoms with van der Waals surface area (Å²) in [7, 11) is 0. The second kappa shape index (κ2) is 6.94. The number of carboxylic acid groups (broad SMARTS) is 1. The van der Waals surface area contributed by atoms with Gasteiger partial charge in [0.2, 0.25) is 0 Å². The van der Waals surface area contributed by atoms with E-state index in [1.807, 2.05) is 42.5 Å². The highest BCUT2D eigenvalue weighted by molar-refractivity contribution is 5.95. The molecule has 0 bridgehead atoms. The third-order valence-electron chi connectivity index (χ3n) is 2.24. The van der Waals surface area contributed by atoms with Crippen LogP contribution in [0.2, 0.25) is 0 Å². The fourth-order valence-electron chi connectivity index (χ4n) is 1.54. The molecular formula is C13H12Cl2O2. The molecule has 2 aromatic rings. The Bertz CT molecular complexity index is 484. The standard InChI is InChI=1S/C13H10O2.2ClH/c14-13(15)12-9-5-4-8-11(12)10-6-2-1-3-7-10;;/h1-9H,(H,14,15);2*1H. The number of benzene rings is 2. The second-order valence-corrected chi connectivity index (χ2v) is 3.22. The highest BCUT2D eigenvalue weighted by Crippen LogP contribution is 2.22. The van der Waals surface area contributed by atoms with Gasteiger partial charge in [0.25, 0.3) is 0 Å². The lowest BCUT2D eigenvalue weighted by atomic mass is 10.00. The van der Waals surface area contributed by atoms with Gasteiger partial charge in [0, 0.05) is 0 Å². The molecule has 2 aromatic carbocycles. The van der Waals surface area contributed by atoms with Crippen LogP contribution in [-0.4, -0.2) is 11.1 Å². The highest BCUT2D eigenvalue weighted by atomic mass is 35.5. The molecule has 0 saturated carbocycles. The Labute approximate surface area is 112 Å². The van der Waals surface area contributed by atoms with Gasteiger partial charge in [0.05, 0.1) is 5.56 Å². The number of rotatable bonds is 2. The van der Waals surface area contributed by atoms with Crippen molar-refractivity contribution in [3.63, 3.8) is 0 Å². The van der Waals surface area contributed by atoms with Crippen LogP contribution in [0, 0.1) is 0 Å². The van der Waals surface area contributed by atoms with Crippen molar-refractivity contribution in [3.8, 4) is 11.1 Å². The first-order chi connectivity index (χ1) is 7.29. The van der Waals surface area contributed by atoms with Gasteiger partial charge in [-0.3, -0.25) is 0 Å². The molecule has 2 nitrogen and oxygen atoms in total. The van der Waals surface area contributed by atoms with Crippen LogP contribution in [0.4, 0.5) is 0 Å². The zero-order chi connectivity index (χ0) is 10.7. The molecule has 1 N–H and O–H groups in total. The van der Waals surface area contributed by atoms with Crippen molar-refractivity contribution in [2.45, 2.75) is 0 Å². The van der Waals surface area contributed by atoms with Gasteiger partial charge in [-0.05, 0) is 17.2 Å². The maximum absolute atomic E-state index is 11.0. The molecule has 0 aliphatic carbocycles. The molecule has 0 aliphatic rings. The van der Waals surface area contributed by atoms with Gasteiger partial charge in [0.15, 0.2) is 0 Å². The van der Waals surface area contributed by atoms with Crippen LogP contribution in [0.1, 0.15) is 10.4 Å². The van der Waals surface area contributed by atoms with Gasteiger partial charge in [0.1, 0.15) is 0 Å². The first-order valence-electron chi connectivity index (χ1n) is 4.67. The average molecular weight is 271 g/mol. The molecule has 0 unspecified atom stereocenters. The molecule has 90 valence electrons. The van der Waals surface area contributed by atoms with Crippen molar-refractivity contribution in [3.05, 3.63) is 60.2 Å². The van der Waals surface area contributed by atoms with Gasteiger partial charge >= 0.3 is 5.97 Å². The van der Waals surface area contributed by atoms with Crippen molar-refractivity contribution < 1.29 is 9.90 Å². The van der Waals surface area contributed by atoms with Gasteiger partial charge in [-0.25, -0.2) is 4.79 Å². The largest absolute Gasteiger partial charge is 0.478 e. The van der Waals surface area contributed by atoms with Crippen LogP contribution in [0.5, 0.6) is 0 Å². The smallest absolute Gasteiger partial charge is 0.336 e. The number of hydrogen-bond acceptors (Lipinski definition) is 1. The fraction of sp³-hybridized carbons (Fsp3) is 0. The summed E-state index contributed by atoms with van der Waals surface area (Å²) >= 11 is 0. The first kappa shape index (κ1) is 15.5. The van der Waals surface area contributed by atoms with E-state index >= 15 is 0 Å². The Kier molecular flexibility index (Phi) is 6.33. The molecule has 0 radical (unpaired) electrons. The van der Waals surface area contributed by atoms with E-state index in [-0.39, 0.29) is 24.8 Å². The molecule has 0 aromatic heterocycles. The maximum atomic E-state index is 11.0. The Balaban J connectivity index is 0.00000128. The SMILES string of the molecule is Cl.Cl.O=C(O)c1ccccc1-c1ccccc1. The van der Waals surface area contributed by atoms with Crippen LogP contribution in [0.25, 0.3) is 11.1 Å². The summed E-state index contributed by atoms with van der Waals surface area (Å²) in [6.45, 7) is 0. The van der Waals surface area contributed by atoms with E-state index < -0.39 is 5.97 Å². The van der Waals surface area contributed by atoms with Crippen LogP contribution >= 0.6 is 24.8 Å².